The van der Waals surface area contributed by atoms with Gasteiger partial charge in [0.25, 0.3) is 0 Å². The number of esters is 1. The summed E-state index contributed by atoms with van der Waals surface area (Å²) < 4.78 is 9.74. The monoisotopic (exact) mass is 315 g/mol. The van der Waals surface area contributed by atoms with Gasteiger partial charge in [0.05, 0.1) is 14.2 Å². The summed E-state index contributed by atoms with van der Waals surface area (Å²) in [6.45, 7) is 0. The molecule has 0 radical (unpaired) electrons. The second-order valence-electron chi connectivity index (χ2n) is 3.07. The van der Waals surface area contributed by atoms with Crippen LogP contribution in [0, 0.1) is 0 Å². The van der Waals surface area contributed by atoms with Gasteiger partial charge in [-0.2, -0.15) is 0 Å². The second kappa shape index (κ2) is 6.15. The molecular weight excluding hydrogens is 306 g/mol. The summed E-state index contributed by atoms with van der Waals surface area (Å²) >= 11 is 3.17. The third kappa shape index (κ3) is 3.07. The molecule has 0 aliphatic carbocycles. The Labute approximate surface area is 111 Å². The van der Waals surface area contributed by atoms with Gasteiger partial charge in [0.2, 0.25) is 5.88 Å². The lowest BCUT2D eigenvalue weighted by Crippen LogP contribution is -2.06. The molecule has 18 heavy (non-hydrogen) atoms. The molecule has 0 unspecified atom stereocenters. The maximum Gasteiger partial charge on any atom is 0.341 e. The third-order valence-corrected chi connectivity index (χ3v) is 2.66. The topological polar surface area (TPSA) is 85.7 Å². The molecule has 1 heterocycles. The number of rotatable bonds is 4. The highest BCUT2D eigenvalue weighted by molar-refractivity contribution is 9.10. The third-order valence-electron chi connectivity index (χ3n) is 2.03. The van der Waals surface area contributed by atoms with Crippen LogP contribution < -0.4 is 4.74 Å². The van der Waals surface area contributed by atoms with Crippen molar-refractivity contribution in [3.8, 4) is 5.88 Å². The number of nitrogens with zero attached hydrogens (tertiary/aromatic N) is 1. The zero-order valence-corrected chi connectivity index (χ0v) is 11.2. The number of carbonyl (C=O) groups is 2. The number of ether oxygens (including phenoxy) is 2. The second-order valence-corrected chi connectivity index (χ2v) is 3.92. The van der Waals surface area contributed by atoms with Crippen LogP contribution in [0.4, 0.5) is 0 Å². The molecule has 96 valence electrons. The average Bonchev–Trinajstić information content (AvgIpc) is 2.36. The number of aromatic nitrogens is 1. The number of hydrogen-bond acceptors (Lipinski definition) is 5. The minimum absolute atomic E-state index is 0.0322. The lowest BCUT2D eigenvalue weighted by Gasteiger charge is -2.08. The first kappa shape index (κ1) is 14.2. The summed E-state index contributed by atoms with van der Waals surface area (Å²) in [5.74, 6) is -1.82. The van der Waals surface area contributed by atoms with E-state index in [1.807, 2.05) is 0 Å². The Bertz CT molecular complexity index is 512. The van der Waals surface area contributed by atoms with E-state index in [2.05, 4.69) is 25.7 Å². The molecule has 1 aromatic rings. The van der Waals surface area contributed by atoms with E-state index in [1.54, 1.807) is 0 Å². The maximum absolute atomic E-state index is 11.2. The summed E-state index contributed by atoms with van der Waals surface area (Å²) in [6, 6.07) is 0. The highest BCUT2D eigenvalue weighted by Gasteiger charge is 2.19. The largest absolute Gasteiger partial charge is 0.480 e. The van der Waals surface area contributed by atoms with Crippen molar-refractivity contribution >= 4 is 33.9 Å². The fraction of sp³-hybridized carbons (Fsp3) is 0.182. The average molecular weight is 316 g/mol. The van der Waals surface area contributed by atoms with Crippen molar-refractivity contribution in [2.75, 3.05) is 14.2 Å². The molecule has 1 aromatic heterocycles. The van der Waals surface area contributed by atoms with Crippen molar-refractivity contribution in [3.05, 3.63) is 27.9 Å². The molecule has 1 N–H and O–H groups in total. The number of aromatic carboxylic acids is 1. The first-order valence-corrected chi connectivity index (χ1v) is 5.52. The molecule has 1 rings (SSSR count). The fourth-order valence-corrected chi connectivity index (χ4v) is 1.66. The summed E-state index contributed by atoms with van der Waals surface area (Å²) in [6.07, 6.45) is 3.83. The van der Waals surface area contributed by atoms with E-state index in [4.69, 9.17) is 9.84 Å². The molecule has 6 nitrogen and oxygen atoms in total. The summed E-state index contributed by atoms with van der Waals surface area (Å²) in [4.78, 5) is 26.0. The van der Waals surface area contributed by atoms with Crippen LogP contribution >= 0.6 is 15.9 Å². The van der Waals surface area contributed by atoms with Gasteiger partial charge in [0, 0.05) is 22.3 Å². The van der Waals surface area contributed by atoms with Crippen LogP contribution in [0.25, 0.3) is 6.08 Å². The van der Waals surface area contributed by atoms with Crippen molar-refractivity contribution < 1.29 is 24.2 Å². The van der Waals surface area contributed by atoms with Gasteiger partial charge in [-0.25, -0.2) is 14.6 Å². The van der Waals surface area contributed by atoms with E-state index < -0.39 is 11.9 Å². The van der Waals surface area contributed by atoms with Gasteiger partial charge < -0.3 is 14.6 Å². The summed E-state index contributed by atoms with van der Waals surface area (Å²) in [7, 11) is 2.55. The molecule has 7 heteroatoms. The molecule has 0 saturated carbocycles. The predicted molar refractivity (Wildman–Crippen MR) is 66.5 cm³/mol. The van der Waals surface area contributed by atoms with Crippen LogP contribution in [-0.4, -0.2) is 36.2 Å². The number of pyridine rings is 1. The number of halogens is 1. The van der Waals surface area contributed by atoms with Crippen LogP contribution in [-0.2, 0) is 9.53 Å². The van der Waals surface area contributed by atoms with Crippen molar-refractivity contribution in [3.63, 3.8) is 0 Å². The normalized spacial score (nSPS) is 10.4. The number of carbonyl (C=O) groups excluding carboxylic acids is 1. The van der Waals surface area contributed by atoms with Crippen LogP contribution in [0.2, 0.25) is 0 Å². The van der Waals surface area contributed by atoms with Crippen molar-refractivity contribution in [1.82, 2.24) is 4.98 Å². The molecule has 0 amide bonds. The van der Waals surface area contributed by atoms with E-state index in [0.29, 0.717) is 4.47 Å². The van der Waals surface area contributed by atoms with Gasteiger partial charge in [-0.15, -0.1) is 0 Å². The molecule has 0 aliphatic rings. The Morgan fingerprint density at radius 1 is 1.44 bits per heavy atom. The molecule has 0 aromatic carbocycles. The Kier molecular flexibility index (Phi) is 4.85. The number of carboxylic acid groups (broad SMARTS) is 1. The fourth-order valence-electron chi connectivity index (χ4n) is 1.23. The summed E-state index contributed by atoms with van der Waals surface area (Å²) in [5, 5.41) is 9.13. The lowest BCUT2D eigenvalue weighted by atomic mass is 10.1. The quantitative estimate of drug-likeness (QED) is 0.672. The van der Waals surface area contributed by atoms with Gasteiger partial charge in [-0.05, 0) is 22.0 Å². The first-order valence-electron chi connectivity index (χ1n) is 4.73. The smallest absolute Gasteiger partial charge is 0.341 e. The van der Waals surface area contributed by atoms with E-state index in [9.17, 15) is 9.59 Å². The maximum atomic E-state index is 11.2. The van der Waals surface area contributed by atoms with Gasteiger partial charge >= 0.3 is 11.9 Å². The van der Waals surface area contributed by atoms with Gasteiger partial charge in [0.15, 0.2) is 0 Å². The molecular formula is C11H10BrNO5. The molecule has 0 fully saturated rings. The number of hydrogen-bond donors (Lipinski definition) is 1. The number of methoxy groups -OCH3 is 2. The lowest BCUT2D eigenvalue weighted by molar-refractivity contribution is -0.134. The van der Waals surface area contributed by atoms with Crippen LogP contribution in [0.5, 0.6) is 5.88 Å². The van der Waals surface area contributed by atoms with E-state index in [1.165, 1.54) is 26.5 Å². The molecule has 0 saturated heterocycles. The molecule has 0 bridgehead atoms. The minimum atomic E-state index is -1.20. The zero-order chi connectivity index (χ0) is 13.7. The number of carboxylic acids is 1. The molecule has 0 aliphatic heterocycles. The van der Waals surface area contributed by atoms with Crippen LogP contribution in [0.3, 0.4) is 0 Å². The summed E-state index contributed by atoms with van der Waals surface area (Å²) in [5.41, 5.74) is 0.145. The Balaban J connectivity index is 3.36. The minimum Gasteiger partial charge on any atom is -0.480 e. The van der Waals surface area contributed by atoms with E-state index >= 15 is 0 Å². The first-order chi connectivity index (χ1) is 8.51. The molecule has 0 atom stereocenters. The van der Waals surface area contributed by atoms with Crippen molar-refractivity contribution in [2.45, 2.75) is 0 Å². The van der Waals surface area contributed by atoms with Gasteiger partial charge in [-0.1, -0.05) is 0 Å². The predicted octanol–water partition coefficient (Wildman–Crippen LogP) is 1.74. The SMILES string of the molecule is COC(=O)/C=C/c1c(Br)cnc(OC)c1C(=O)O. The van der Waals surface area contributed by atoms with Gasteiger partial charge in [0.1, 0.15) is 5.56 Å². The Morgan fingerprint density at radius 3 is 2.61 bits per heavy atom. The standard InChI is InChI=1S/C11H10BrNO5/c1-17-8(14)4-3-6-7(12)5-13-10(18-2)9(6)11(15)16/h3-5H,1-2H3,(H,15,16)/b4-3+. The molecule has 0 spiro atoms. The zero-order valence-electron chi connectivity index (χ0n) is 9.64. The Hall–Kier alpha value is -1.89. The van der Waals surface area contributed by atoms with Crippen LogP contribution in [0.1, 0.15) is 15.9 Å². The van der Waals surface area contributed by atoms with Crippen LogP contribution in [0.15, 0.2) is 16.7 Å². The highest BCUT2D eigenvalue weighted by Crippen LogP contribution is 2.27. The van der Waals surface area contributed by atoms with Crippen molar-refractivity contribution in [2.24, 2.45) is 0 Å². The highest BCUT2D eigenvalue weighted by atomic mass is 79.9. The van der Waals surface area contributed by atoms with Crippen molar-refractivity contribution in [1.29, 1.82) is 0 Å². The van der Waals surface area contributed by atoms with Gasteiger partial charge in [-0.3, -0.25) is 0 Å². The van der Waals surface area contributed by atoms with E-state index in [0.717, 1.165) is 6.08 Å². The Morgan fingerprint density at radius 2 is 2.11 bits per heavy atom. The van der Waals surface area contributed by atoms with E-state index in [-0.39, 0.29) is 17.0 Å².